The smallest absolute Gasteiger partial charge is 0.112 e. The summed E-state index contributed by atoms with van der Waals surface area (Å²) in [5.74, 6) is 1.78. The molecule has 11 nitrogen and oxygen atoms in total. The third kappa shape index (κ3) is 20.6. The second-order valence-corrected chi connectivity index (χ2v) is 35.3. The van der Waals surface area contributed by atoms with Crippen LogP contribution < -0.4 is 5.32 Å². The average molecular weight is 1390 g/mol. The highest BCUT2D eigenvalue weighted by molar-refractivity contribution is 6.07. The minimum atomic E-state index is 0.0962. The molecule has 1 atom stereocenters. The highest BCUT2D eigenvalue weighted by Crippen LogP contribution is 2.33. The van der Waals surface area contributed by atoms with Crippen LogP contribution in [0.5, 0.6) is 0 Å². The summed E-state index contributed by atoms with van der Waals surface area (Å²) in [5, 5.41) is 17.4. The lowest BCUT2D eigenvalue weighted by Crippen LogP contribution is -2.39. The first-order chi connectivity index (χ1) is 48.8. The molecule has 2 aliphatic rings. The van der Waals surface area contributed by atoms with Gasteiger partial charge in [0.15, 0.2) is 0 Å². The van der Waals surface area contributed by atoms with E-state index in [1.807, 2.05) is 60.9 Å². The largest absolute Gasteiger partial charge is 0.361 e. The second kappa shape index (κ2) is 32.6. The van der Waals surface area contributed by atoms with Crippen LogP contribution in [0, 0.1) is 11.3 Å². The Balaban J connectivity index is 0.000000138. The Kier molecular flexibility index (Phi) is 24.6. The minimum Gasteiger partial charge on any atom is -0.361 e. The van der Waals surface area contributed by atoms with Crippen LogP contribution in [-0.4, -0.2) is 56.0 Å². The van der Waals surface area contributed by atoms with Crippen LogP contribution in [0.3, 0.4) is 0 Å². The summed E-state index contributed by atoms with van der Waals surface area (Å²) >= 11 is 0. The molecule has 8 heterocycles. The number of H-pyrrole nitrogens is 4. The Morgan fingerprint density at radius 3 is 1.55 bits per heavy atom. The Hall–Kier alpha value is -9.58. The molecule has 104 heavy (non-hydrogen) atoms. The molecule has 8 aromatic carbocycles. The lowest BCUT2D eigenvalue weighted by atomic mass is 9.85. The van der Waals surface area contributed by atoms with E-state index in [1.54, 1.807) is 0 Å². The number of aromatic nitrogens is 9. The van der Waals surface area contributed by atoms with Crippen LogP contribution in [-0.2, 0) is 52.2 Å². The highest BCUT2D eigenvalue weighted by atomic mass is 15.1. The summed E-state index contributed by atoms with van der Waals surface area (Å²) in [7, 11) is 0. The van der Waals surface area contributed by atoms with Crippen LogP contribution in [0.25, 0.3) is 65.5 Å². The lowest BCUT2D eigenvalue weighted by Gasteiger charge is -2.28. The molecule has 14 aromatic rings. The molecule has 2 aliphatic heterocycles. The van der Waals surface area contributed by atoms with E-state index >= 15 is 0 Å². The third-order valence-electron chi connectivity index (χ3n) is 18.9. The first-order valence-corrected chi connectivity index (χ1v) is 37.3. The molecule has 0 spiro atoms. The fraction of sp³-hybridized carbons (Fsp3) is 0.376. The maximum Gasteiger partial charge on any atom is 0.112 e. The first-order valence-electron chi connectivity index (χ1n) is 37.3. The SMILES string of the molecule is CC(C)(C)C1=NCc2ccccc21.CC(C)(C)c1[nH]nc2ccccc12.CC(C)(C)c1c[nH]c2ccccc12.CC(C)(C)c1cc2ccccc2[nH]1.CC(C)(C)c1nc2ccccc2[nH]1.CC(C)(C)n1cc2ccccc2c1.CC(C)(C)n1cnc2ccccc21.CC(C)C1Cc2ccccc2CN1. The van der Waals surface area contributed by atoms with Gasteiger partial charge in [0.25, 0.3) is 0 Å². The summed E-state index contributed by atoms with van der Waals surface area (Å²) in [4.78, 5) is 23.5. The number of aromatic amines is 4. The number of imidazole rings is 2. The van der Waals surface area contributed by atoms with Gasteiger partial charge in [0.2, 0.25) is 0 Å². The molecule has 0 saturated heterocycles. The van der Waals surface area contributed by atoms with Crippen molar-refractivity contribution in [3.05, 3.63) is 270 Å². The number of hydrogen-bond acceptors (Lipinski definition) is 5. The van der Waals surface area contributed by atoms with Gasteiger partial charge in [-0.2, -0.15) is 5.10 Å². The Bertz CT molecular complexity index is 4550. The van der Waals surface area contributed by atoms with Crippen molar-refractivity contribution < 1.29 is 0 Å². The monoisotopic (exact) mass is 1390 g/mol. The minimum absolute atomic E-state index is 0.0962. The zero-order chi connectivity index (χ0) is 75.6. The number of nitrogens with one attached hydrogen (secondary N) is 5. The van der Waals surface area contributed by atoms with Crippen LogP contribution in [0.2, 0.25) is 0 Å². The number of fused-ring (bicyclic) bond motifs is 8. The molecule has 1 unspecified atom stereocenters. The Morgan fingerprint density at radius 2 is 0.981 bits per heavy atom. The van der Waals surface area contributed by atoms with Crippen molar-refractivity contribution in [2.75, 3.05) is 0 Å². The van der Waals surface area contributed by atoms with Gasteiger partial charge < -0.3 is 29.4 Å². The maximum atomic E-state index is 4.59. The standard InChI is InChI=1S/4C12H15N.C12H17N.3C11H14N2/c1-12(2,3)13-8-10-6-4-5-7-11(10)9-13;1-12(2,3)10-8-13-11-7-5-4-6-9(10)11;1-12(2,3)11-10-7-5-4-6-9(10)8-13-11;1-12(2,3)11-8-9-6-4-5-7-10(9)13-11;1-9(2)12-7-10-5-3-4-6-11(10)8-13-12;1-11(2,3)13-8-12-9-6-4-5-7-10(9)13;1-11(2,3)10-12-8-6-4-5-7-9(8)13-10;1-11(2,3)10-8-6-4-5-7-9(8)12-13-10/h4-9H,1-3H3;4-8,13H,1-3H3;4-7H,8H2,1-3H3;4-8,13H,1-3H3;3-6,9,12-13H,7-8H2,1-2H3;4-8H,1-3H3;2*4-7H,1-3H3,(H,12,13). The van der Waals surface area contributed by atoms with E-state index in [0.29, 0.717) is 6.04 Å². The van der Waals surface area contributed by atoms with Gasteiger partial charge in [-0.15, -0.1) is 0 Å². The number of benzene rings is 8. The number of nitrogens with zero attached hydrogens (tertiary/aromatic N) is 6. The number of aliphatic imine (C=N–C) groups is 1. The van der Waals surface area contributed by atoms with E-state index in [-0.39, 0.29) is 38.2 Å². The quantitative estimate of drug-likeness (QED) is 0.112. The summed E-state index contributed by atoms with van der Waals surface area (Å²) in [6, 6.07) is 69.9. The number of para-hydroxylation sites is 7. The van der Waals surface area contributed by atoms with E-state index in [9.17, 15) is 0 Å². The van der Waals surface area contributed by atoms with Crippen LogP contribution in [0.1, 0.15) is 204 Å². The van der Waals surface area contributed by atoms with E-state index in [2.05, 4.69) is 378 Å². The van der Waals surface area contributed by atoms with Gasteiger partial charge >= 0.3 is 0 Å². The van der Waals surface area contributed by atoms with Gasteiger partial charge in [0, 0.05) is 108 Å². The summed E-state index contributed by atoms with van der Waals surface area (Å²) in [5.41, 5.74) is 19.9. The number of hydrogen-bond donors (Lipinski definition) is 5. The van der Waals surface area contributed by atoms with Gasteiger partial charge in [-0.05, 0) is 146 Å². The molecular formula is C93H119N11. The summed E-state index contributed by atoms with van der Waals surface area (Å²) < 4.78 is 4.46. The molecule has 16 rings (SSSR count). The fourth-order valence-corrected chi connectivity index (χ4v) is 12.7. The Labute approximate surface area is 621 Å². The fourth-order valence-electron chi connectivity index (χ4n) is 12.7. The zero-order valence-corrected chi connectivity index (χ0v) is 66.8. The summed E-state index contributed by atoms with van der Waals surface area (Å²) in [6.45, 7) is 52.7. The topological polar surface area (TPSA) is 136 Å². The molecule has 11 heteroatoms. The Morgan fingerprint density at radius 1 is 0.452 bits per heavy atom. The summed E-state index contributed by atoms with van der Waals surface area (Å²) in [6.07, 6.45) is 9.62. The molecule has 546 valence electrons. The second-order valence-electron chi connectivity index (χ2n) is 35.3. The van der Waals surface area contributed by atoms with Crippen molar-refractivity contribution in [1.29, 1.82) is 0 Å². The highest BCUT2D eigenvalue weighted by Gasteiger charge is 2.27. The first kappa shape index (κ1) is 78.6. The number of rotatable bonds is 1. The van der Waals surface area contributed by atoms with E-state index < -0.39 is 0 Å². The van der Waals surface area contributed by atoms with Gasteiger partial charge in [0.1, 0.15) is 5.82 Å². The van der Waals surface area contributed by atoms with E-state index in [4.69, 9.17) is 0 Å². The molecule has 0 aliphatic carbocycles. The van der Waals surface area contributed by atoms with Crippen LogP contribution >= 0.6 is 0 Å². The van der Waals surface area contributed by atoms with Crippen molar-refractivity contribution in [2.45, 2.75) is 218 Å². The molecule has 0 saturated carbocycles. The van der Waals surface area contributed by atoms with Crippen molar-refractivity contribution in [2.24, 2.45) is 16.3 Å². The van der Waals surface area contributed by atoms with Crippen molar-refractivity contribution >= 4 is 71.3 Å². The van der Waals surface area contributed by atoms with E-state index in [0.717, 1.165) is 46.9 Å². The molecule has 0 amide bonds. The molecule has 0 bridgehead atoms. The van der Waals surface area contributed by atoms with Crippen LogP contribution in [0.15, 0.2) is 230 Å². The van der Waals surface area contributed by atoms with E-state index in [1.165, 1.54) is 94.8 Å². The zero-order valence-electron chi connectivity index (χ0n) is 66.8. The maximum absolute atomic E-state index is 4.59. The van der Waals surface area contributed by atoms with Crippen molar-refractivity contribution in [3.63, 3.8) is 0 Å². The van der Waals surface area contributed by atoms with Gasteiger partial charge in [-0.1, -0.05) is 269 Å². The normalized spacial score (nSPS) is 13.8. The average Bonchev–Trinajstić information content (AvgIpc) is 1.75. The predicted octanol–water partition coefficient (Wildman–Crippen LogP) is 24.2. The lowest BCUT2D eigenvalue weighted by molar-refractivity contribution is 0.377. The van der Waals surface area contributed by atoms with Gasteiger partial charge in [-0.3, -0.25) is 10.1 Å². The van der Waals surface area contributed by atoms with Crippen molar-refractivity contribution in [1.82, 2.24) is 49.6 Å². The van der Waals surface area contributed by atoms with Crippen LogP contribution in [0.4, 0.5) is 0 Å². The molecule has 5 N–H and O–H groups in total. The van der Waals surface area contributed by atoms with Gasteiger partial charge in [-0.25, -0.2) is 9.97 Å². The third-order valence-corrected chi connectivity index (χ3v) is 18.9. The molecule has 0 radical (unpaired) electrons. The predicted molar refractivity (Wildman–Crippen MR) is 447 cm³/mol. The van der Waals surface area contributed by atoms with Crippen molar-refractivity contribution in [3.8, 4) is 0 Å². The molecular weight excluding hydrogens is 1270 g/mol. The van der Waals surface area contributed by atoms with Gasteiger partial charge in [0.05, 0.1) is 40.5 Å². The molecule has 0 fully saturated rings. The molecule has 6 aromatic heterocycles.